The fraction of sp³-hybridized carbons (Fsp3) is 0.529. The van der Waals surface area contributed by atoms with Crippen molar-refractivity contribution in [2.75, 3.05) is 18.4 Å². The number of urea groups is 1. The van der Waals surface area contributed by atoms with Gasteiger partial charge in [-0.3, -0.25) is 9.13 Å². The Labute approximate surface area is 135 Å². The maximum atomic E-state index is 12.5. The highest BCUT2D eigenvalue weighted by Gasteiger charge is 2.22. The Morgan fingerprint density at radius 1 is 1.26 bits per heavy atom. The highest BCUT2D eigenvalue weighted by molar-refractivity contribution is 5.92. The highest BCUT2D eigenvalue weighted by atomic mass is 16.2. The number of carbonyl (C=O) groups excluding carboxylic acids is 1. The molecule has 1 atom stereocenters. The minimum Gasteiger partial charge on any atom is -0.324 e. The minimum atomic E-state index is -0.0645. The first-order valence-electron chi connectivity index (χ1n) is 8.22. The quantitative estimate of drug-likeness (QED) is 0.925. The molecule has 2 heterocycles. The van der Waals surface area contributed by atoms with Crippen molar-refractivity contribution in [2.45, 2.75) is 26.2 Å². The van der Waals surface area contributed by atoms with Crippen LogP contribution in [-0.2, 0) is 14.1 Å². The number of carbonyl (C=O) groups is 1. The van der Waals surface area contributed by atoms with E-state index in [9.17, 15) is 9.59 Å². The lowest BCUT2D eigenvalue weighted by Crippen LogP contribution is -2.42. The molecule has 1 aromatic carbocycles. The summed E-state index contributed by atoms with van der Waals surface area (Å²) in [5.41, 5.74) is 2.34. The van der Waals surface area contributed by atoms with Crippen LogP contribution in [0.4, 0.5) is 10.5 Å². The highest BCUT2D eigenvalue weighted by Crippen LogP contribution is 2.21. The van der Waals surface area contributed by atoms with Crippen LogP contribution in [0.1, 0.15) is 26.2 Å². The van der Waals surface area contributed by atoms with Crippen LogP contribution in [0, 0.1) is 5.92 Å². The molecular weight excluding hydrogens is 292 g/mol. The van der Waals surface area contributed by atoms with Crippen molar-refractivity contribution < 1.29 is 4.79 Å². The summed E-state index contributed by atoms with van der Waals surface area (Å²) in [6.07, 6.45) is 3.39. The normalized spacial score (nSPS) is 18.4. The van der Waals surface area contributed by atoms with E-state index in [0.717, 1.165) is 42.7 Å². The molecule has 1 fully saturated rings. The van der Waals surface area contributed by atoms with Gasteiger partial charge in [0.25, 0.3) is 0 Å². The van der Waals surface area contributed by atoms with E-state index in [1.807, 2.05) is 23.1 Å². The number of piperidine rings is 1. The Morgan fingerprint density at radius 2 is 2.00 bits per heavy atom. The fourth-order valence-corrected chi connectivity index (χ4v) is 3.37. The summed E-state index contributed by atoms with van der Waals surface area (Å²) in [4.78, 5) is 26.3. The number of nitrogens with one attached hydrogen (secondary N) is 1. The van der Waals surface area contributed by atoms with Gasteiger partial charge in [-0.25, -0.2) is 9.59 Å². The van der Waals surface area contributed by atoms with E-state index in [0.29, 0.717) is 5.92 Å². The fourth-order valence-electron chi connectivity index (χ4n) is 3.37. The molecule has 0 saturated carbocycles. The van der Waals surface area contributed by atoms with Crippen LogP contribution in [0.25, 0.3) is 11.0 Å². The topological polar surface area (TPSA) is 59.3 Å². The van der Waals surface area contributed by atoms with Gasteiger partial charge in [0.2, 0.25) is 0 Å². The number of aromatic nitrogens is 2. The Morgan fingerprint density at radius 3 is 2.74 bits per heavy atom. The third kappa shape index (κ3) is 2.85. The van der Waals surface area contributed by atoms with E-state index in [1.165, 1.54) is 6.42 Å². The first-order valence-corrected chi connectivity index (χ1v) is 8.22. The predicted molar refractivity (Wildman–Crippen MR) is 91.8 cm³/mol. The van der Waals surface area contributed by atoms with Crippen molar-refractivity contribution in [2.24, 2.45) is 20.0 Å². The van der Waals surface area contributed by atoms with Gasteiger partial charge in [0.05, 0.1) is 11.0 Å². The van der Waals surface area contributed by atoms with E-state index < -0.39 is 0 Å². The molecule has 0 aliphatic carbocycles. The number of hydrogen-bond acceptors (Lipinski definition) is 2. The van der Waals surface area contributed by atoms with Gasteiger partial charge in [-0.15, -0.1) is 0 Å². The number of amides is 2. The van der Waals surface area contributed by atoms with Crippen molar-refractivity contribution in [3.63, 3.8) is 0 Å². The average Bonchev–Trinajstić information content (AvgIpc) is 2.79. The molecule has 6 heteroatoms. The Hall–Kier alpha value is -2.24. The second kappa shape index (κ2) is 6.10. The smallest absolute Gasteiger partial charge is 0.324 e. The van der Waals surface area contributed by atoms with Crippen molar-refractivity contribution in [1.82, 2.24) is 14.0 Å². The summed E-state index contributed by atoms with van der Waals surface area (Å²) < 4.78 is 3.20. The molecule has 3 rings (SSSR count). The third-order valence-corrected chi connectivity index (χ3v) is 4.91. The summed E-state index contributed by atoms with van der Waals surface area (Å²) in [5.74, 6) is 0.604. The molecule has 0 unspecified atom stereocenters. The van der Waals surface area contributed by atoms with Gasteiger partial charge < -0.3 is 10.2 Å². The molecule has 0 radical (unpaired) electrons. The predicted octanol–water partition coefficient (Wildman–Crippen LogP) is 2.53. The van der Waals surface area contributed by atoms with Crippen molar-refractivity contribution in [3.05, 3.63) is 28.7 Å². The number of likely N-dealkylation sites (tertiary alicyclic amines) is 1. The number of imidazole rings is 1. The number of fused-ring (bicyclic) bond motifs is 1. The summed E-state index contributed by atoms with van der Waals surface area (Å²) >= 11 is 0. The number of hydrogen-bond donors (Lipinski definition) is 1. The monoisotopic (exact) mass is 316 g/mol. The van der Waals surface area contributed by atoms with Crippen LogP contribution in [0.3, 0.4) is 0 Å². The van der Waals surface area contributed by atoms with Crippen molar-refractivity contribution >= 4 is 22.8 Å². The van der Waals surface area contributed by atoms with Crippen molar-refractivity contribution in [1.29, 1.82) is 0 Å². The molecule has 2 amide bonds. The zero-order valence-electron chi connectivity index (χ0n) is 14.0. The maximum absolute atomic E-state index is 12.5. The van der Waals surface area contributed by atoms with Crippen LogP contribution in [0.2, 0.25) is 0 Å². The third-order valence-electron chi connectivity index (χ3n) is 4.91. The lowest BCUT2D eigenvalue weighted by molar-refractivity contribution is 0.176. The standard InChI is InChI=1S/C17H24N4O2/c1-4-12-6-5-9-21(11-12)16(22)18-13-7-8-14-15(10-13)20(3)17(23)19(14)2/h7-8,10,12H,4-6,9,11H2,1-3H3,(H,18,22)/t12-/m0/s1. The minimum absolute atomic E-state index is 0.0524. The van der Waals surface area contributed by atoms with Gasteiger partial charge in [-0.2, -0.15) is 0 Å². The van der Waals surface area contributed by atoms with Gasteiger partial charge in [-0.1, -0.05) is 13.3 Å². The van der Waals surface area contributed by atoms with E-state index in [1.54, 1.807) is 23.2 Å². The van der Waals surface area contributed by atoms with Gasteiger partial charge in [-0.05, 0) is 37.0 Å². The van der Waals surface area contributed by atoms with Gasteiger partial charge >= 0.3 is 11.7 Å². The second-order valence-electron chi connectivity index (χ2n) is 6.40. The molecule has 1 aliphatic heterocycles. The Bertz CT molecular complexity index is 790. The average molecular weight is 316 g/mol. The first-order chi connectivity index (χ1) is 11.0. The number of benzene rings is 1. The largest absolute Gasteiger partial charge is 0.328 e. The molecule has 0 spiro atoms. The SMILES string of the molecule is CC[C@H]1CCCN(C(=O)Nc2ccc3c(c2)n(C)c(=O)n3C)C1. The zero-order chi connectivity index (χ0) is 16.6. The van der Waals surface area contributed by atoms with E-state index in [4.69, 9.17) is 0 Å². The number of aryl methyl sites for hydroxylation is 2. The lowest BCUT2D eigenvalue weighted by Gasteiger charge is -2.32. The van der Waals surface area contributed by atoms with Crippen LogP contribution >= 0.6 is 0 Å². The summed E-state index contributed by atoms with van der Waals surface area (Å²) in [5, 5.41) is 2.97. The van der Waals surface area contributed by atoms with Crippen LogP contribution in [0.15, 0.2) is 23.0 Å². The maximum Gasteiger partial charge on any atom is 0.328 e. The Kier molecular flexibility index (Phi) is 4.15. The van der Waals surface area contributed by atoms with Gasteiger partial charge in [0.1, 0.15) is 0 Å². The van der Waals surface area contributed by atoms with Crippen molar-refractivity contribution in [3.8, 4) is 0 Å². The summed E-state index contributed by atoms with van der Waals surface area (Å²) in [7, 11) is 3.49. The van der Waals surface area contributed by atoms with E-state index >= 15 is 0 Å². The van der Waals surface area contributed by atoms with E-state index in [2.05, 4.69) is 12.2 Å². The Balaban J connectivity index is 1.80. The molecule has 2 aromatic rings. The zero-order valence-corrected chi connectivity index (χ0v) is 14.0. The molecule has 1 N–H and O–H groups in total. The molecule has 0 bridgehead atoms. The number of anilines is 1. The second-order valence-corrected chi connectivity index (χ2v) is 6.40. The molecule has 1 aromatic heterocycles. The number of rotatable bonds is 2. The molecule has 124 valence electrons. The summed E-state index contributed by atoms with van der Waals surface area (Å²) in [6.45, 7) is 3.82. The molecule has 1 saturated heterocycles. The molecule has 1 aliphatic rings. The van der Waals surface area contributed by atoms with Crippen LogP contribution in [-0.4, -0.2) is 33.2 Å². The molecule has 23 heavy (non-hydrogen) atoms. The first kappa shape index (κ1) is 15.6. The summed E-state index contributed by atoms with van der Waals surface area (Å²) in [6, 6.07) is 5.53. The van der Waals surface area contributed by atoms with Gasteiger partial charge in [0.15, 0.2) is 0 Å². The van der Waals surface area contributed by atoms with Gasteiger partial charge in [0, 0.05) is 32.9 Å². The molecular formula is C17H24N4O2. The van der Waals surface area contributed by atoms with Crippen LogP contribution in [0.5, 0.6) is 0 Å². The number of nitrogens with zero attached hydrogens (tertiary/aromatic N) is 3. The van der Waals surface area contributed by atoms with Crippen LogP contribution < -0.4 is 11.0 Å². The van der Waals surface area contributed by atoms with E-state index in [-0.39, 0.29) is 11.7 Å². The molecule has 6 nitrogen and oxygen atoms in total. The lowest BCUT2D eigenvalue weighted by atomic mass is 9.96.